The monoisotopic (exact) mass is 297 g/mol. The minimum atomic E-state index is 0.432. The van der Waals surface area contributed by atoms with Gasteiger partial charge in [-0.1, -0.05) is 6.07 Å². The fourth-order valence-electron chi connectivity index (χ4n) is 2.94. The van der Waals surface area contributed by atoms with Crippen LogP contribution in [-0.2, 0) is 6.42 Å². The fraction of sp³-hybridized carbons (Fsp3) is 0.471. The zero-order valence-electron chi connectivity index (χ0n) is 13.1. The Morgan fingerprint density at radius 3 is 2.91 bits per heavy atom. The van der Waals surface area contributed by atoms with E-state index in [0.29, 0.717) is 6.04 Å². The number of nitrogens with one attached hydrogen (secondary N) is 1. The average Bonchev–Trinajstić information content (AvgIpc) is 2.54. The first-order valence-corrected chi connectivity index (χ1v) is 7.98. The normalized spacial score (nSPS) is 19.0. The van der Waals surface area contributed by atoms with E-state index in [1.54, 1.807) is 12.4 Å². The van der Waals surface area contributed by atoms with Crippen LogP contribution in [-0.4, -0.2) is 45.5 Å². The molecule has 0 spiro atoms. The first-order valence-electron chi connectivity index (χ1n) is 7.98. The summed E-state index contributed by atoms with van der Waals surface area (Å²) in [5.41, 5.74) is 2.28. The number of rotatable bonds is 5. The van der Waals surface area contributed by atoms with E-state index in [0.717, 1.165) is 31.2 Å². The van der Waals surface area contributed by atoms with Crippen LogP contribution in [0.25, 0.3) is 0 Å². The van der Waals surface area contributed by atoms with E-state index < -0.39 is 0 Å². The standard InChI is InChI=1S/C17H23N5/c1-14-5-2-6-15(20-14)8-12-22-11-3-7-16(13-22)21-17-18-9-4-10-19-17/h2,4-6,9-10,16H,3,7-8,11-13H2,1H3,(H,18,19,21). The molecule has 1 aliphatic heterocycles. The van der Waals surface area contributed by atoms with Crippen LogP contribution in [0.15, 0.2) is 36.7 Å². The molecule has 1 atom stereocenters. The fourth-order valence-corrected chi connectivity index (χ4v) is 2.94. The Labute approximate surface area is 131 Å². The zero-order valence-corrected chi connectivity index (χ0v) is 13.1. The molecule has 0 radical (unpaired) electrons. The maximum absolute atomic E-state index is 4.58. The Bertz CT molecular complexity index is 587. The van der Waals surface area contributed by atoms with E-state index in [1.165, 1.54) is 25.1 Å². The highest BCUT2D eigenvalue weighted by Gasteiger charge is 2.20. The largest absolute Gasteiger partial charge is 0.350 e. The summed E-state index contributed by atoms with van der Waals surface area (Å²) in [6, 6.07) is 8.52. The number of aryl methyl sites for hydroxylation is 1. The highest BCUT2D eigenvalue weighted by atomic mass is 15.2. The first kappa shape index (κ1) is 14.9. The molecule has 1 aliphatic rings. The van der Waals surface area contributed by atoms with E-state index in [4.69, 9.17) is 0 Å². The average molecular weight is 297 g/mol. The molecule has 0 amide bonds. The second-order valence-electron chi connectivity index (χ2n) is 5.88. The molecule has 2 aromatic rings. The second kappa shape index (κ2) is 7.31. The number of anilines is 1. The molecule has 2 aromatic heterocycles. The van der Waals surface area contributed by atoms with E-state index >= 15 is 0 Å². The molecule has 0 aliphatic carbocycles. The van der Waals surface area contributed by atoms with Crippen molar-refractivity contribution in [1.82, 2.24) is 19.9 Å². The Hall–Kier alpha value is -2.01. The van der Waals surface area contributed by atoms with Crippen LogP contribution in [0.2, 0.25) is 0 Å². The highest BCUT2D eigenvalue weighted by Crippen LogP contribution is 2.14. The van der Waals surface area contributed by atoms with Crippen molar-refractivity contribution in [3.63, 3.8) is 0 Å². The van der Waals surface area contributed by atoms with Crippen LogP contribution in [0.4, 0.5) is 5.95 Å². The van der Waals surface area contributed by atoms with Crippen molar-refractivity contribution in [1.29, 1.82) is 0 Å². The van der Waals surface area contributed by atoms with Gasteiger partial charge in [0.1, 0.15) is 0 Å². The van der Waals surface area contributed by atoms with Crippen LogP contribution in [0.1, 0.15) is 24.2 Å². The van der Waals surface area contributed by atoms with Gasteiger partial charge in [-0.25, -0.2) is 9.97 Å². The predicted molar refractivity (Wildman–Crippen MR) is 87.8 cm³/mol. The molecule has 1 N–H and O–H groups in total. The van der Waals surface area contributed by atoms with Crippen LogP contribution in [0.3, 0.4) is 0 Å². The minimum absolute atomic E-state index is 0.432. The number of piperidine rings is 1. The summed E-state index contributed by atoms with van der Waals surface area (Å²) < 4.78 is 0. The number of hydrogen-bond acceptors (Lipinski definition) is 5. The van der Waals surface area contributed by atoms with E-state index in [9.17, 15) is 0 Å². The van der Waals surface area contributed by atoms with Gasteiger partial charge in [0.2, 0.25) is 5.95 Å². The molecule has 5 heteroatoms. The maximum Gasteiger partial charge on any atom is 0.222 e. The Morgan fingerprint density at radius 2 is 2.09 bits per heavy atom. The topological polar surface area (TPSA) is 53.9 Å². The van der Waals surface area contributed by atoms with Gasteiger partial charge in [0.25, 0.3) is 0 Å². The summed E-state index contributed by atoms with van der Waals surface area (Å²) in [7, 11) is 0. The molecule has 5 nitrogen and oxygen atoms in total. The van der Waals surface area contributed by atoms with E-state index in [-0.39, 0.29) is 0 Å². The molecule has 0 saturated carbocycles. The van der Waals surface area contributed by atoms with Gasteiger partial charge in [0, 0.05) is 49.3 Å². The summed E-state index contributed by atoms with van der Waals surface area (Å²) in [5.74, 6) is 0.731. The zero-order chi connectivity index (χ0) is 15.2. The lowest BCUT2D eigenvalue weighted by Crippen LogP contribution is -2.43. The molecule has 116 valence electrons. The third-order valence-electron chi connectivity index (χ3n) is 4.03. The lowest BCUT2D eigenvalue weighted by Gasteiger charge is -2.33. The third kappa shape index (κ3) is 4.24. The lowest BCUT2D eigenvalue weighted by molar-refractivity contribution is 0.218. The summed E-state index contributed by atoms with van der Waals surface area (Å²) in [6.07, 6.45) is 6.96. The molecule has 3 heterocycles. The van der Waals surface area contributed by atoms with Gasteiger partial charge in [-0.15, -0.1) is 0 Å². The van der Waals surface area contributed by atoms with Crippen LogP contribution in [0.5, 0.6) is 0 Å². The lowest BCUT2D eigenvalue weighted by atomic mass is 10.1. The Balaban J connectivity index is 1.50. The molecule has 3 rings (SSSR count). The van der Waals surface area contributed by atoms with Crippen LogP contribution in [0, 0.1) is 6.92 Å². The predicted octanol–water partition coefficient (Wildman–Crippen LogP) is 2.30. The van der Waals surface area contributed by atoms with Crippen molar-refractivity contribution < 1.29 is 0 Å². The van der Waals surface area contributed by atoms with Crippen molar-refractivity contribution in [3.05, 3.63) is 48.0 Å². The number of pyridine rings is 1. The summed E-state index contributed by atoms with van der Waals surface area (Å²) >= 11 is 0. The Kier molecular flexibility index (Phi) is 4.96. The SMILES string of the molecule is Cc1cccc(CCN2CCCC(Nc3ncccn3)C2)n1. The van der Waals surface area contributed by atoms with Crippen molar-refractivity contribution in [2.45, 2.75) is 32.2 Å². The van der Waals surface area contributed by atoms with Gasteiger partial charge in [-0.3, -0.25) is 4.98 Å². The van der Waals surface area contributed by atoms with Crippen LogP contribution < -0.4 is 5.32 Å². The molecule has 1 saturated heterocycles. The number of nitrogens with zero attached hydrogens (tertiary/aromatic N) is 4. The second-order valence-corrected chi connectivity index (χ2v) is 5.88. The van der Waals surface area contributed by atoms with Gasteiger partial charge >= 0.3 is 0 Å². The summed E-state index contributed by atoms with van der Waals surface area (Å²) in [5, 5.41) is 3.44. The molecule has 0 bridgehead atoms. The van der Waals surface area contributed by atoms with Crippen molar-refractivity contribution >= 4 is 5.95 Å². The minimum Gasteiger partial charge on any atom is -0.350 e. The maximum atomic E-state index is 4.58. The number of hydrogen-bond donors (Lipinski definition) is 1. The first-order chi connectivity index (χ1) is 10.8. The Morgan fingerprint density at radius 1 is 1.23 bits per heavy atom. The van der Waals surface area contributed by atoms with Gasteiger partial charge in [-0.2, -0.15) is 0 Å². The van der Waals surface area contributed by atoms with Crippen molar-refractivity contribution in [3.8, 4) is 0 Å². The third-order valence-corrected chi connectivity index (χ3v) is 4.03. The molecular weight excluding hydrogens is 274 g/mol. The highest BCUT2D eigenvalue weighted by molar-refractivity contribution is 5.24. The van der Waals surface area contributed by atoms with E-state index in [2.05, 4.69) is 37.3 Å². The molecule has 0 aromatic carbocycles. The molecule has 1 unspecified atom stereocenters. The summed E-state index contributed by atoms with van der Waals surface area (Å²) in [6.45, 7) is 5.32. The quantitative estimate of drug-likeness (QED) is 0.918. The molecular formula is C17H23N5. The van der Waals surface area contributed by atoms with Crippen molar-refractivity contribution in [2.75, 3.05) is 25.0 Å². The van der Waals surface area contributed by atoms with Gasteiger partial charge in [-0.05, 0) is 44.5 Å². The van der Waals surface area contributed by atoms with Crippen molar-refractivity contribution in [2.24, 2.45) is 0 Å². The van der Waals surface area contributed by atoms with Gasteiger partial charge < -0.3 is 10.2 Å². The van der Waals surface area contributed by atoms with Crippen LogP contribution >= 0.6 is 0 Å². The number of likely N-dealkylation sites (tertiary alicyclic amines) is 1. The smallest absolute Gasteiger partial charge is 0.222 e. The molecule has 1 fully saturated rings. The number of aromatic nitrogens is 3. The van der Waals surface area contributed by atoms with E-state index in [1.807, 2.05) is 19.1 Å². The van der Waals surface area contributed by atoms with Gasteiger partial charge in [0.05, 0.1) is 0 Å². The summed E-state index contributed by atoms with van der Waals surface area (Å²) in [4.78, 5) is 15.6. The van der Waals surface area contributed by atoms with Gasteiger partial charge in [0.15, 0.2) is 0 Å². The molecule has 22 heavy (non-hydrogen) atoms.